The van der Waals surface area contributed by atoms with E-state index in [-0.39, 0.29) is 12.4 Å². The maximum atomic E-state index is 6.23. The van der Waals surface area contributed by atoms with Crippen LogP contribution in [0.25, 0.3) is 0 Å². The Hall–Kier alpha value is -1.72. The second kappa shape index (κ2) is 13.0. The molecule has 0 aromatic heterocycles. The standard InChI is InChI=1S/C25H27BrClNO2.ClH/c1-18(12-13-19-8-4-3-5-9-19)28-16-20-14-22(26)25(24(15-20)29-2)30-17-21-10-6-7-11-23(21)27;/h3-11,14-15,18,28H,12-13,16-17H2,1-2H3;1H. The molecule has 0 saturated heterocycles. The zero-order valence-electron chi connectivity index (χ0n) is 17.7. The minimum Gasteiger partial charge on any atom is -0.493 e. The number of nitrogens with one attached hydrogen (secondary N) is 1. The van der Waals surface area contributed by atoms with E-state index in [2.05, 4.69) is 64.6 Å². The van der Waals surface area contributed by atoms with Crippen LogP contribution in [0.1, 0.15) is 30.0 Å². The van der Waals surface area contributed by atoms with Crippen LogP contribution in [0.4, 0.5) is 0 Å². The van der Waals surface area contributed by atoms with Crippen LogP contribution in [-0.2, 0) is 19.6 Å². The van der Waals surface area contributed by atoms with Gasteiger partial charge in [0.1, 0.15) is 6.61 Å². The van der Waals surface area contributed by atoms with Gasteiger partial charge in [0.15, 0.2) is 11.5 Å². The zero-order valence-corrected chi connectivity index (χ0v) is 20.9. The molecule has 0 fully saturated rings. The molecule has 1 unspecified atom stereocenters. The molecule has 3 aromatic carbocycles. The average molecular weight is 525 g/mol. The predicted octanol–water partition coefficient (Wildman–Crippen LogP) is 7.22. The maximum absolute atomic E-state index is 6.23. The number of hydrogen-bond donors (Lipinski definition) is 1. The third-order valence-corrected chi connectivity index (χ3v) is 5.94. The van der Waals surface area contributed by atoms with Gasteiger partial charge in [-0.2, -0.15) is 0 Å². The van der Waals surface area contributed by atoms with E-state index in [1.165, 1.54) is 5.56 Å². The Bertz CT molecular complexity index is 954. The Morgan fingerprint density at radius 1 is 1.00 bits per heavy atom. The summed E-state index contributed by atoms with van der Waals surface area (Å²) < 4.78 is 12.5. The first kappa shape index (κ1) is 25.5. The van der Waals surface area contributed by atoms with E-state index in [0.29, 0.717) is 29.2 Å². The predicted molar refractivity (Wildman–Crippen MR) is 135 cm³/mol. The van der Waals surface area contributed by atoms with E-state index < -0.39 is 0 Å². The molecule has 0 aliphatic carbocycles. The van der Waals surface area contributed by atoms with Gasteiger partial charge in [-0.15, -0.1) is 12.4 Å². The molecular weight excluding hydrogens is 497 g/mol. The van der Waals surface area contributed by atoms with Gasteiger partial charge in [-0.1, -0.05) is 60.1 Å². The summed E-state index contributed by atoms with van der Waals surface area (Å²) in [6.45, 7) is 3.36. The maximum Gasteiger partial charge on any atom is 0.175 e. The smallest absolute Gasteiger partial charge is 0.175 e. The SMILES string of the molecule is COc1cc(CNC(C)CCc2ccccc2)cc(Br)c1OCc1ccccc1Cl.Cl. The third kappa shape index (κ3) is 7.73. The van der Waals surface area contributed by atoms with Crippen LogP contribution in [-0.4, -0.2) is 13.2 Å². The molecule has 0 saturated carbocycles. The van der Waals surface area contributed by atoms with Gasteiger partial charge in [-0.3, -0.25) is 0 Å². The molecule has 1 N–H and O–H groups in total. The fourth-order valence-electron chi connectivity index (χ4n) is 3.20. The fourth-order valence-corrected chi connectivity index (χ4v) is 4.00. The molecule has 0 amide bonds. The normalized spacial score (nSPS) is 11.5. The molecule has 0 aliphatic rings. The first-order valence-corrected chi connectivity index (χ1v) is 11.2. The number of benzene rings is 3. The van der Waals surface area contributed by atoms with Crippen LogP contribution in [0.3, 0.4) is 0 Å². The van der Waals surface area contributed by atoms with Crippen molar-refractivity contribution in [3.63, 3.8) is 0 Å². The molecule has 6 heteroatoms. The summed E-state index contributed by atoms with van der Waals surface area (Å²) in [6.07, 6.45) is 2.15. The first-order valence-electron chi connectivity index (χ1n) is 10.1. The molecule has 0 bridgehead atoms. The monoisotopic (exact) mass is 523 g/mol. The van der Waals surface area contributed by atoms with Crippen molar-refractivity contribution in [2.45, 2.75) is 39.0 Å². The lowest BCUT2D eigenvalue weighted by atomic mass is 10.1. The summed E-state index contributed by atoms with van der Waals surface area (Å²) in [4.78, 5) is 0. The Kier molecular flexibility index (Phi) is 10.7. The molecule has 0 spiro atoms. The topological polar surface area (TPSA) is 30.5 Å². The second-order valence-electron chi connectivity index (χ2n) is 7.30. The minimum atomic E-state index is 0. The highest BCUT2D eigenvalue weighted by Gasteiger charge is 2.13. The van der Waals surface area contributed by atoms with Crippen molar-refractivity contribution >= 4 is 39.9 Å². The van der Waals surface area contributed by atoms with Crippen LogP contribution < -0.4 is 14.8 Å². The Morgan fingerprint density at radius 2 is 1.71 bits per heavy atom. The van der Waals surface area contributed by atoms with E-state index in [4.69, 9.17) is 21.1 Å². The van der Waals surface area contributed by atoms with Gasteiger partial charge in [-0.05, 0) is 65.0 Å². The molecule has 0 aliphatic heterocycles. The van der Waals surface area contributed by atoms with Crippen molar-refractivity contribution < 1.29 is 9.47 Å². The van der Waals surface area contributed by atoms with Gasteiger partial charge in [0, 0.05) is 23.2 Å². The van der Waals surface area contributed by atoms with Gasteiger partial charge < -0.3 is 14.8 Å². The highest BCUT2D eigenvalue weighted by molar-refractivity contribution is 9.10. The molecule has 3 aromatic rings. The van der Waals surface area contributed by atoms with Crippen molar-refractivity contribution in [3.05, 3.63) is 92.9 Å². The van der Waals surface area contributed by atoms with E-state index in [1.807, 2.05) is 30.3 Å². The lowest BCUT2D eigenvalue weighted by molar-refractivity contribution is 0.282. The summed E-state index contributed by atoms with van der Waals surface area (Å²) in [6, 6.07) is 22.8. The van der Waals surface area contributed by atoms with Gasteiger partial charge >= 0.3 is 0 Å². The first-order chi connectivity index (χ1) is 14.6. The minimum absolute atomic E-state index is 0. The van der Waals surface area contributed by atoms with Crippen molar-refractivity contribution in [2.75, 3.05) is 7.11 Å². The molecule has 3 nitrogen and oxygen atoms in total. The van der Waals surface area contributed by atoms with Crippen LogP contribution in [0.2, 0.25) is 5.02 Å². The van der Waals surface area contributed by atoms with Gasteiger partial charge in [0.05, 0.1) is 11.6 Å². The van der Waals surface area contributed by atoms with Gasteiger partial charge in [-0.25, -0.2) is 0 Å². The summed E-state index contributed by atoms with van der Waals surface area (Å²) in [5.74, 6) is 1.38. The van der Waals surface area contributed by atoms with Crippen LogP contribution in [0, 0.1) is 0 Å². The zero-order chi connectivity index (χ0) is 21.3. The Morgan fingerprint density at radius 3 is 2.42 bits per heavy atom. The van der Waals surface area contributed by atoms with Crippen molar-refractivity contribution in [1.82, 2.24) is 5.32 Å². The Labute approximate surface area is 204 Å². The number of aryl methyl sites for hydroxylation is 1. The lowest BCUT2D eigenvalue weighted by Gasteiger charge is -2.17. The number of methoxy groups -OCH3 is 1. The summed E-state index contributed by atoms with van der Waals surface area (Å²) >= 11 is 9.87. The molecule has 1 atom stereocenters. The van der Waals surface area contributed by atoms with E-state index in [1.54, 1.807) is 7.11 Å². The molecule has 0 radical (unpaired) electrons. The molecule has 0 heterocycles. The Balaban J connectivity index is 0.00000341. The molecule has 166 valence electrons. The van der Waals surface area contributed by atoms with Gasteiger partial charge in [0.2, 0.25) is 0 Å². The molecule has 31 heavy (non-hydrogen) atoms. The lowest BCUT2D eigenvalue weighted by Crippen LogP contribution is -2.26. The van der Waals surface area contributed by atoms with E-state index in [0.717, 1.165) is 35.0 Å². The summed E-state index contributed by atoms with van der Waals surface area (Å²) in [7, 11) is 1.66. The molecular formula is C25H28BrCl2NO2. The van der Waals surface area contributed by atoms with Crippen LogP contribution >= 0.6 is 39.9 Å². The van der Waals surface area contributed by atoms with Gasteiger partial charge in [0.25, 0.3) is 0 Å². The van der Waals surface area contributed by atoms with Crippen LogP contribution in [0.15, 0.2) is 71.2 Å². The number of hydrogen-bond acceptors (Lipinski definition) is 3. The van der Waals surface area contributed by atoms with Crippen LogP contribution in [0.5, 0.6) is 11.5 Å². The van der Waals surface area contributed by atoms with E-state index in [9.17, 15) is 0 Å². The number of ether oxygens (including phenoxy) is 2. The highest BCUT2D eigenvalue weighted by Crippen LogP contribution is 2.37. The van der Waals surface area contributed by atoms with E-state index >= 15 is 0 Å². The average Bonchev–Trinajstić information content (AvgIpc) is 2.77. The van der Waals surface area contributed by atoms with Crippen molar-refractivity contribution in [1.29, 1.82) is 0 Å². The number of rotatable bonds is 10. The third-order valence-electron chi connectivity index (χ3n) is 4.98. The van der Waals surface area contributed by atoms with Crippen molar-refractivity contribution in [2.24, 2.45) is 0 Å². The fraction of sp³-hybridized carbons (Fsp3) is 0.280. The highest BCUT2D eigenvalue weighted by atomic mass is 79.9. The molecule has 3 rings (SSSR count). The largest absolute Gasteiger partial charge is 0.493 e. The second-order valence-corrected chi connectivity index (χ2v) is 8.56. The quantitative estimate of drug-likeness (QED) is 0.303. The number of halogens is 3. The van der Waals surface area contributed by atoms with Crippen molar-refractivity contribution in [3.8, 4) is 11.5 Å². The summed E-state index contributed by atoms with van der Waals surface area (Å²) in [5.41, 5.74) is 3.44. The summed E-state index contributed by atoms with van der Waals surface area (Å²) in [5, 5.41) is 4.29.